The molecule has 0 saturated carbocycles. The molecular weight excluding hydrogens is 466 g/mol. The second-order valence-electron chi connectivity index (χ2n) is 8.41. The first-order chi connectivity index (χ1) is 16.3. The maximum atomic E-state index is 13.4. The summed E-state index contributed by atoms with van der Waals surface area (Å²) in [5.74, 6) is -0.350. The van der Waals surface area contributed by atoms with Gasteiger partial charge in [-0.15, -0.1) is 0 Å². The molecule has 1 unspecified atom stereocenters. The standard InChI is InChI=1S/C27H26ClN3O2S/c1-17-7-11-20(12-8-17)16-31-26(33)24(34-27(31)29-21-13-9-18(2)10-14-21)15-25(32)30-23-6-4-5-22(28)19(23)3/h4-14,24H,15-16H2,1-3H3,(H,30,32). The highest BCUT2D eigenvalue weighted by molar-refractivity contribution is 8.15. The van der Waals surface area contributed by atoms with E-state index in [1.54, 1.807) is 23.1 Å². The van der Waals surface area contributed by atoms with Crippen molar-refractivity contribution in [3.63, 3.8) is 0 Å². The van der Waals surface area contributed by atoms with Gasteiger partial charge < -0.3 is 5.32 Å². The molecule has 1 saturated heterocycles. The van der Waals surface area contributed by atoms with E-state index in [9.17, 15) is 9.59 Å². The van der Waals surface area contributed by atoms with Crippen molar-refractivity contribution < 1.29 is 9.59 Å². The van der Waals surface area contributed by atoms with E-state index in [4.69, 9.17) is 16.6 Å². The molecule has 0 radical (unpaired) electrons. The predicted molar refractivity (Wildman–Crippen MR) is 141 cm³/mol. The van der Waals surface area contributed by atoms with E-state index in [1.807, 2.05) is 69.3 Å². The topological polar surface area (TPSA) is 61.8 Å². The molecule has 3 aromatic carbocycles. The highest BCUT2D eigenvalue weighted by atomic mass is 35.5. The number of halogens is 1. The smallest absolute Gasteiger partial charge is 0.242 e. The summed E-state index contributed by atoms with van der Waals surface area (Å²) in [7, 11) is 0. The Balaban J connectivity index is 1.55. The first kappa shape index (κ1) is 24.0. The Morgan fingerprint density at radius 1 is 1.00 bits per heavy atom. The van der Waals surface area contributed by atoms with Crippen LogP contribution in [0.4, 0.5) is 11.4 Å². The fourth-order valence-corrected chi connectivity index (χ4v) is 4.92. The summed E-state index contributed by atoms with van der Waals surface area (Å²) in [6.45, 7) is 6.30. The lowest BCUT2D eigenvalue weighted by Gasteiger charge is -2.17. The molecule has 0 spiro atoms. The number of amides is 2. The van der Waals surface area contributed by atoms with E-state index in [0.29, 0.717) is 22.4 Å². The van der Waals surface area contributed by atoms with Crippen molar-refractivity contribution in [2.24, 2.45) is 4.99 Å². The lowest BCUT2D eigenvalue weighted by atomic mass is 10.1. The van der Waals surface area contributed by atoms with Crippen molar-refractivity contribution in [3.8, 4) is 0 Å². The number of hydrogen-bond donors (Lipinski definition) is 1. The fourth-order valence-electron chi connectivity index (χ4n) is 3.59. The third kappa shape index (κ3) is 5.69. The van der Waals surface area contributed by atoms with Crippen molar-refractivity contribution in [1.29, 1.82) is 0 Å². The largest absolute Gasteiger partial charge is 0.326 e. The molecule has 1 atom stereocenters. The van der Waals surface area contributed by atoms with E-state index >= 15 is 0 Å². The number of rotatable bonds is 6. The van der Waals surface area contributed by atoms with Crippen molar-refractivity contribution in [3.05, 3.63) is 94.0 Å². The SMILES string of the molecule is Cc1ccc(CN2C(=O)C(CC(=O)Nc3cccc(Cl)c3C)SC2=Nc2ccc(C)cc2)cc1. The van der Waals surface area contributed by atoms with Gasteiger partial charge in [0.05, 0.1) is 12.2 Å². The molecule has 1 heterocycles. The number of amidine groups is 1. The third-order valence-corrected chi connectivity index (χ3v) is 7.24. The Kier molecular flexibility index (Phi) is 7.39. The van der Waals surface area contributed by atoms with E-state index < -0.39 is 5.25 Å². The summed E-state index contributed by atoms with van der Waals surface area (Å²) in [4.78, 5) is 32.6. The average Bonchev–Trinajstić information content (AvgIpc) is 3.08. The van der Waals surface area contributed by atoms with Crippen LogP contribution >= 0.6 is 23.4 Å². The number of aryl methyl sites for hydroxylation is 2. The number of nitrogens with zero attached hydrogens (tertiary/aromatic N) is 2. The quantitative estimate of drug-likeness (QED) is 0.432. The van der Waals surface area contributed by atoms with Crippen molar-refractivity contribution in [2.75, 3.05) is 5.32 Å². The van der Waals surface area contributed by atoms with E-state index in [1.165, 1.54) is 11.8 Å². The van der Waals surface area contributed by atoms with Crippen LogP contribution in [0, 0.1) is 20.8 Å². The molecule has 0 aromatic heterocycles. The van der Waals surface area contributed by atoms with Gasteiger partial charge in [-0.1, -0.05) is 77.0 Å². The van der Waals surface area contributed by atoms with Gasteiger partial charge in [0, 0.05) is 17.1 Å². The molecule has 1 aliphatic heterocycles. The highest BCUT2D eigenvalue weighted by Crippen LogP contribution is 2.33. The maximum absolute atomic E-state index is 13.4. The zero-order chi connectivity index (χ0) is 24.2. The molecule has 7 heteroatoms. The van der Waals surface area contributed by atoms with Crippen LogP contribution in [0.5, 0.6) is 0 Å². The third-order valence-electron chi connectivity index (χ3n) is 5.65. The van der Waals surface area contributed by atoms with E-state index in [2.05, 4.69) is 5.32 Å². The zero-order valence-electron chi connectivity index (χ0n) is 19.3. The molecule has 174 valence electrons. The van der Waals surface area contributed by atoms with Gasteiger partial charge in [0.2, 0.25) is 11.8 Å². The second-order valence-corrected chi connectivity index (χ2v) is 9.99. The van der Waals surface area contributed by atoms with Crippen molar-refractivity contribution in [1.82, 2.24) is 4.90 Å². The number of anilines is 1. The number of carbonyl (C=O) groups excluding carboxylic acids is 2. The van der Waals surface area contributed by atoms with Crippen LogP contribution in [0.3, 0.4) is 0 Å². The number of benzene rings is 3. The van der Waals surface area contributed by atoms with Crippen LogP contribution in [0.1, 0.15) is 28.7 Å². The van der Waals surface area contributed by atoms with Crippen molar-refractivity contribution in [2.45, 2.75) is 39.0 Å². The summed E-state index contributed by atoms with van der Waals surface area (Å²) in [6, 6.07) is 21.3. The molecule has 1 fully saturated rings. The fraction of sp³-hybridized carbons (Fsp3) is 0.222. The zero-order valence-corrected chi connectivity index (χ0v) is 20.9. The summed E-state index contributed by atoms with van der Waals surface area (Å²) < 4.78 is 0. The summed E-state index contributed by atoms with van der Waals surface area (Å²) in [6.07, 6.45) is 0.0484. The normalized spacial score (nSPS) is 16.8. The maximum Gasteiger partial charge on any atom is 0.242 e. The van der Waals surface area contributed by atoms with Crippen LogP contribution in [-0.4, -0.2) is 27.1 Å². The minimum atomic E-state index is -0.547. The molecule has 0 bridgehead atoms. The number of aliphatic imine (C=N–C) groups is 1. The summed E-state index contributed by atoms with van der Waals surface area (Å²) in [5.41, 5.74) is 5.53. The van der Waals surface area contributed by atoms with Crippen molar-refractivity contribution >= 4 is 51.7 Å². The van der Waals surface area contributed by atoms with Gasteiger partial charge in [-0.05, 0) is 56.2 Å². The van der Waals surface area contributed by atoms with Gasteiger partial charge >= 0.3 is 0 Å². The lowest BCUT2D eigenvalue weighted by Crippen LogP contribution is -2.33. The minimum Gasteiger partial charge on any atom is -0.326 e. The Bertz CT molecular complexity index is 1240. The number of hydrogen-bond acceptors (Lipinski definition) is 4. The molecule has 2 amide bonds. The van der Waals surface area contributed by atoms with Crippen LogP contribution < -0.4 is 5.32 Å². The Morgan fingerprint density at radius 3 is 2.32 bits per heavy atom. The summed E-state index contributed by atoms with van der Waals surface area (Å²) in [5, 5.41) is 3.53. The predicted octanol–water partition coefficient (Wildman–Crippen LogP) is 6.43. The lowest BCUT2D eigenvalue weighted by molar-refractivity contribution is -0.128. The monoisotopic (exact) mass is 491 g/mol. The second kappa shape index (κ2) is 10.5. The van der Waals surface area contributed by atoms with Crippen LogP contribution in [0.15, 0.2) is 71.7 Å². The number of thioether (sulfide) groups is 1. The average molecular weight is 492 g/mol. The molecule has 3 aromatic rings. The summed E-state index contributed by atoms with van der Waals surface area (Å²) >= 11 is 7.50. The molecule has 5 nitrogen and oxygen atoms in total. The van der Waals surface area contributed by atoms with Crippen LogP contribution in [-0.2, 0) is 16.1 Å². The van der Waals surface area contributed by atoms with Gasteiger partial charge in [-0.25, -0.2) is 4.99 Å². The highest BCUT2D eigenvalue weighted by Gasteiger charge is 2.39. The van der Waals surface area contributed by atoms with E-state index in [-0.39, 0.29) is 18.2 Å². The minimum absolute atomic E-state index is 0.0484. The van der Waals surface area contributed by atoms with Gasteiger partial charge in [-0.2, -0.15) is 0 Å². The number of nitrogens with one attached hydrogen (secondary N) is 1. The van der Waals surface area contributed by atoms with Gasteiger partial charge in [0.1, 0.15) is 5.25 Å². The van der Waals surface area contributed by atoms with Gasteiger partial charge in [0.15, 0.2) is 5.17 Å². The Labute approximate surface area is 209 Å². The Morgan fingerprint density at radius 2 is 1.65 bits per heavy atom. The van der Waals surface area contributed by atoms with Crippen LogP contribution in [0.25, 0.3) is 0 Å². The molecule has 1 aliphatic rings. The molecule has 1 N–H and O–H groups in total. The molecule has 0 aliphatic carbocycles. The molecular formula is C27H26ClN3O2S. The van der Waals surface area contributed by atoms with Gasteiger partial charge in [-0.3, -0.25) is 14.5 Å². The van der Waals surface area contributed by atoms with Crippen LogP contribution in [0.2, 0.25) is 5.02 Å². The van der Waals surface area contributed by atoms with E-state index in [0.717, 1.165) is 27.9 Å². The number of carbonyl (C=O) groups is 2. The first-order valence-corrected chi connectivity index (χ1v) is 12.3. The molecule has 4 rings (SSSR count). The van der Waals surface area contributed by atoms with Gasteiger partial charge in [0.25, 0.3) is 0 Å². The Hall–Kier alpha value is -3.09. The molecule has 34 heavy (non-hydrogen) atoms. The first-order valence-electron chi connectivity index (χ1n) is 11.0.